The molecule has 2 aliphatic rings. The van der Waals surface area contributed by atoms with Crippen molar-refractivity contribution in [2.45, 2.75) is 32.2 Å². The van der Waals surface area contributed by atoms with Gasteiger partial charge >= 0.3 is 0 Å². The molecule has 0 bridgehead atoms. The zero-order chi connectivity index (χ0) is 18.1. The van der Waals surface area contributed by atoms with Crippen LogP contribution in [0.2, 0.25) is 10.0 Å². The predicted molar refractivity (Wildman–Crippen MR) is 101 cm³/mol. The summed E-state index contributed by atoms with van der Waals surface area (Å²) in [6.07, 6.45) is 3.62. The first-order valence-electron chi connectivity index (χ1n) is 9.22. The Morgan fingerprint density at radius 1 is 1.08 bits per heavy atom. The topological polar surface area (TPSA) is 51.4 Å². The van der Waals surface area contributed by atoms with Crippen molar-refractivity contribution in [2.75, 3.05) is 26.3 Å². The van der Waals surface area contributed by atoms with Crippen LogP contribution in [0.3, 0.4) is 0 Å². The Balaban J connectivity index is 1.43. The summed E-state index contributed by atoms with van der Waals surface area (Å²) in [7, 11) is 0. The third kappa shape index (κ3) is 3.77. The van der Waals surface area contributed by atoms with Crippen LogP contribution in [-0.4, -0.2) is 41.4 Å². The quantitative estimate of drug-likeness (QED) is 0.739. The minimum atomic E-state index is 0.115. The highest BCUT2D eigenvalue weighted by Crippen LogP contribution is 2.35. The summed E-state index contributed by atoms with van der Waals surface area (Å²) in [5.74, 6) is 2.67. The second-order valence-electron chi connectivity index (χ2n) is 7.24. The third-order valence-corrected chi connectivity index (χ3v) is 6.44. The van der Waals surface area contributed by atoms with E-state index in [1.165, 1.54) is 19.3 Å². The number of benzene rings is 1. The van der Waals surface area contributed by atoms with Crippen LogP contribution in [0.25, 0.3) is 11.5 Å². The molecule has 2 aliphatic heterocycles. The molecule has 2 atom stereocenters. The number of ether oxygens (including phenoxy) is 1. The van der Waals surface area contributed by atoms with Gasteiger partial charge in [-0.2, -0.15) is 0 Å². The van der Waals surface area contributed by atoms with E-state index in [1.54, 1.807) is 12.1 Å². The van der Waals surface area contributed by atoms with Crippen molar-refractivity contribution in [3.63, 3.8) is 0 Å². The molecule has 2 fully saturated rings. The van der Waals surface area contributed by atoms with Crippen molar-refractivity contribution in [2.24, 2.45) is 11.8 Å². The van der Waals surface area contributed by atoms with Gasteiger partial charge in [-0.1, -0.05) is 23.2 Å². The molecule has 26 heavy (non-hydrogen) atoms. The van der Waals surface area contributed by atoms with Crippen molar-refractivity contribution in [1.82, 2.24) is 15.1 Å². The highest BCUT2D eigenvalue weighted by molar-refractivity contribution is 6.42. The van der Waals surface area contributed by atoms with Gasteiger partial charge in [0.15, 0.2) is 0 Å². The minimum Gasteiger partial charge on any atom is -0.419 e. The first-order valence-corrected chi connectivity index (χ1v) is 9.98. The third-order valence-electron chi connectivity index (χ3n) is 5.70. The van der Waals surface area contributed by atoms with E-state index < -0.39 is 0 Å². The molecule has 1 aromatic heterocycles. The van der Waals surface area contributed by atoms with Gasteiger partial charge in [-0.25, -0.2) is 0 Å². The standard InChI is InChI=1S/C19H23Cl2N3O2/c1-12(24-7-4-15(11-24)13-5-8-25-9-6-13)18-22-23-19(26-18)14-2-3-16(20)17(21)10-14/h2-3,10,12-13,15H,4-9,11H2,1H3. The first-order chi connectivity index (χ1) is 12.6. The fourth-order valence-electron chi connectivity index (χ4n) is 4.04. The van der Waals surface area contributed by atoms with E-state index >= 15 is 0 Å². The van der Waals surface area contributed by atoms with Gasteiger partial charge in [-0.3, -0.25) is 4.90 Å². The maximum Gasteiger partial charge on any atom is 0.247 e. The number of halogens is 2. The molecule has 0 amide bonds. The number of rotatable bonds is 4. The summed E-state index contributed by atoms with van der Waals surface area (Å²) in [4.78, 5) is 2.45. The van der Waals surface area contributed by atoms with Crippen LogP contribution in [0.1, 0.15) is 38.1 Å². The fraction of sp³-hybridized carbons (Fsp3) is 0.579. The van der Waals surface area contributed by atoms with Gasteiger partial charge in [0.25, 0.3) is 0 Å². The van der Waals surface area contributed by atoms with Gasteiger partial charge in [-0.15, -0.1) is 10.2 Å². The van der Waals surface area contributed by atoms with Crippen LogP contribution in [0.4, 0.5) is 0 Å². The Bertz CT molecular complexity index is 761. The lowest BCUT2D eigenvalue weighted by Gasteiger charge is -2.28. The van der Waals surface area contributed by atoms with Gasteiger partial charge in [0.05, 0.1) is 16.1 Å². The lowest BCUT2D eigenvalue weighted by atomic mass is 9.85. The van der Waals surface area contributed by atoms with E-state index in [-0.39, 0.29) is 6.04 Å². The number of likely N-dealkylation sites (tertiary alicyclic amines) is 1. The summed E-state index contributed by atoms with van der Waals surface area (Å²) in [5, 5.41) is 9.47. The van der Waals surface area contributed by atoms with Crippen molar-refractivity contribution in [3.05, 3.63) is 34.1 Å². The normalized spacial score (nSPS) is 23.4. The van der Waals surface area contributed by atoms with Gasteiger partial charge in [0.1, 0.15) is 0 Å². The Morgan fingerprint density at radius 2 is 1.88 bits per heavy atom. The molecule has 0 radical (unpaired) electrons. The van der Waals surface area contributed by atoms with Gasteiger partial charge < -0.3 is 9.15 Å². The molecule has 5 nitrogen and oxygen atoms in total. The largest absolute Gasteiger partial charge is 0.419 e. The van der Waals surface area contributed by atoms with Crippen molar-refractivity contribution in [3.8, 4) is 11.5 Å². The molecular weight excluding hydrogens is 373 g/mol. The fourth-order valence-corrected chi connectivity index (χ4v) is 4.34. The molecule has 0 spiro atoms. The molecule has 7 heteroatoms. The van der Waals surface area contributed by atoms with Crippen molar-refractivity contribution >= 4 is 23.2 Å². The van der Waals surface area contributed by atoms with Gasteiger partial charge in [0, 0.05) is 25.3 Å². The van der Waals surface area contributed by atoms with Crippen LogP contribution in [0.15, 0.2) is 22.6 Å². The molecule has 4 rings (SSSR count). The van der Waals surface area contributed by atoms with E-state index in [4.69, 9.17) is 32.4 Å². The highest BCUT2D eigenvalue weighted by Gasteiger charge is 2.34. The smallest absolute Gasteiger partial charge is 0.247 e. The molecule has 2 saturated heterocycles. The maximum absolute atomic E-state index is 6.09. The van der Waals surface area contributed by atoms with Crippen molar-refractivity contribution in [1.29, 1.82) is 0 Å². The zero-order valence-electron chi connectivity index (χ0n) is 14.8. The summed E-state index contributed by atoms with van der Waals surface area (Å²) in [5.41, 5.74) is 0.784. The van der Waals surface area contributed by atoms with E-state index in [0.29, 0.717) is 21.8 Å². The summed E-state index contributed by atoms with van der Waals surface area (Å²) in [6, 6.07) is 5.45. The molecule has 1 aromatic carbocycles. The lowest BCUT2D eigenvalue weighted by Crippen LogP contribution is -2.28. The average Bonchev–Trinajstić information content (AvgIpc) is 3.34. The van der Waals surface area contributed by atoms with Crippen LogP contribution in [-0.2, 0) is 4.74 Å². The Labute approximate surface area is 163 Å². The molecule has 140 valence electrons. The van der Waals surface area contributed by atoms with E-state index in [2.05, 4.69) is 22.0 Å². The van der Waals surface area contributed by atoms with E-state index in [1.807, 2.05) is 6.07 Å². The monoisotopic (exact) mass is 395 g/mol. The minimum absolute atomic E-state index is 0.115. The Hall–Kier alpha value is -1.14. The average molecular weight is 396 g/mol. The molecule has 0 saturated carbocycles. The first kappa shape index (κ1) is 18.2. The number of nitrogens with zero attached hydrogens (tertiary/aromatic N) is 3. The van der Waals surface area contributed by atoms with Crippen LogP contribution in [0.5, 0.6) is 0 Å². The SMILES string of the molecule is CC(c1nnc(-c2ccc(Cl)c(Cl)c2)o1)N1CCC(C2CCOCC2)C1. The molecular formula is C19H23Cl2N3O2. The maximum atomic E-state index is 6.09. The molecule has 0 aliphatic carbocycles. The predicted octanol–water partition coefficient (Wildman–Crippen LogP) is 4.85. The molecule has 0 N–H and O–H groups in total. The van der Waals surface area contributed by atoms with Gasteiger partial charge in [-0.05, 0) is 62.8 Å². The number of hydrogen-bond donors (Lipinski definition) is 0. The Kier molecular flexibility index (Phi) is 5.50. The summed E-state index contributed by atoms with van der Waals surface area (Å²) >= 11 is 12.1. The van der Waals surface area contributed by atoms with Crippen LogP contribution < -0.4 is 0 Å². The zero-order valence-corrected chi connectivity index (χ0v) is 16.3. The van der Waals surface area contributed by atoms with E-state index in [0.717, 1.165) is 43.7 Å². The number of aromatic nitrogens is 2. The second kappa shape index (κ2) is 7.85. The highest BCUT2D eigenvalue weighted by atomic mass is 35.5. The van der Waals surface area contributed by atoms with Crippen LogP contribution in [0, 0.1) is 11.8 Å². The number of hydrogen-bond acceptors (Lipinski definition) is 5. The summed E-state index contributed by atoms with van der Waals surface area (Å²) < 4.78 is 11.4. The second-order valence-corrected chi connectivity index (χ2v) is 8.06. The lowest BCUT2D eigenvalue weighted by molar-refractivity contribution is 0.0468. The van der Waals surface area contributed by atoms with Gasteiger partial charge in [0.2, 0.25) is 11.8 Å². The molecule has 3 heterocycles. The van der Waals surface area contributed by atoms with E-state index in [9.17, 15) is 0 Å². The van der Waals surface area contributed by atoms with Crippen LogP contribution >= 0.6 is 23.2 Å². The van der Waals surface area contributed by atoms with Crippen molar-refractivity contribution < 1.29 is 9.15 Å². The summed E-state index contributed by atoms with van der Waals surface area (Å²) in [6.45, 7) is 6.13. The Morgan fingerprint density at radius 3 is 2.65 bits per heavy atom. The molecule has 2 aromatic rings. The molecule has 2 unspecified atom stereocenters.